The molecular weight excluding hydrogens is 240 g/mol. The molecule has 0 spiro atoms. The molecule has 4 heteroatoms. The van der Waals surface area contributed by atoms with E-state index in [1.54, 1.807) is 0 Å². The maximum absolute atomic E-state index is 12.7. The fourth-order valence-corrected chi connectivity index (χ4v) is 3.09. The van der Waals surface area contributed by atoms with Gasteiger partial charge in [-0.25, -0.2) is 0 Å². The molecule has 0 bridgehead atoms. The molecule has 3 atom stereocenters. The van der Waals surface area contributed by atoms with Crippen molar-refractivity contribution in [1.82, 2.24) is 10.2 Å². The van der Waals surface area contributed by atoms with E-state index in [1.807, 2.05) is 29.2 Å². The number of hydrogen-bond acceptors (Lipinski definition) is 3. The fourth-order valence-electron chi connectivity index (χ4n) is 3.09. The average Bonchev–Trinajstić information content (AvgIpc) is 2.80. The standard InChI is InChI=1S/C15H20N2O2/c1-10-7-17(8-11(2)16-10)15(18)13-9-19-14-6-4-3-5-12(13)14/h3-6,10-11,13,16H,7-9H2,1-2H3/t10-,11+,13-/m0/s1. The van der Waals surface area contributed by atoms with E-state index in [0.29, 0.717) is 18.7 Å². The van der Waals surface area contributed by atoms with Crippen LogP contribution in [0.5, 0.6) is 5.75 Å². The van der Waals surface area contributed by atoms with Crippen LogP contribution >= 0.6 is 0 Å². The molecule has 19 heavy (non-hydrogen) atoms. The summed E-state index contributed by atoms with van der Waals surface area (Å²) >= 11 is 0. The number of nitrogens with one attached hydrogen (secondary N) is 1. The first-order valence-electron chi connectivity index (χ1n) is 6.91. The van der Waals surface area contributed by atoms with Gasteiger partial charge in [0.2, 0.25) is 5.91 Å². The topological polar surface area (TPSA) is 41.6 Å². The van der Waals surface area contributed by atoms with E-state index in [4.69, 9.17) is 4.74 Å². The number of para-hydroxylation sites is 1. The molecule has 1 aromatic carbocycles. The highest BCUT2D eigenvalue weighted by molar-refractivity contribution is 5.85. The van der Waals surface area contributed by atoms with Gasteiger partial charge in [0.05, 0.1) is 0 Å². The number of ether oxygens (including phenoxy) is 1. The van der Waals surface area contributed by atoms with E-state index < -0.39 is 0 Å². The molecule has 2 aliphatic rings. The number of amides is 1. The number of nitrogens with zero attached hydrogens (tertiary/aromatic N) is 1. The largest absolute Gasteiger partial charge is 0.492 e. The lowest BCUT2D eigenvalue weighted by Crippen LogP contribution is -2.56. The van der Waals surface area contributed by atoms with E-state index >= 15 is 0 Å². The van der Waals surface area contributed by atoms with Crippen molar-refractivity contribution >= 4 is 5.91 Å². The number of benzene rings is 1. The third-order valence-electron chi connectivity index (χ3n) is 3.87. The molecule has 4 nitrogen and oxygen atoms in total. The number of piperazine rings is 1. The number of hydrogen-bond donors (Lipinski definition) is 1. The number of fused-ring (bicyclic) bond motifs is 1. The van der Waals surface area contributed by atoms with Crippen molar-refractivity contribution in [1.29, 1.82) is 0 Å². The third-order valence-corrected chi connectivity index (χ3v) is 3.87. The minimum Gasteiger partial charge on any atom is -0.492 e. The van der Waals surface area contributed by atoms with Crippen LogP contribution in [0.15, 0.2) is 24.3 Å². The Morgan fingerprint density at radius 2 is 1.95 bits per heavy atom. The van der Waals surface area contributed by atoms with Crippen molar-refractivity contribution in [2.75, 3.05) is 19.7 Å². The van der Waals surface area contributed by atoms with E-state index in [0.717, 1.165) is 24.4 Å². The summed E-state index contributed by atoms with van der Waals surface area (Å²) in [4.78, 5) is 14.6. The molecule has 2 heterocycles. The molecule has 0 unspecified atom stereocenters. The molecule has 1 amide bonds. The van der Waals surface area contributed by atoms with Gasteiger partial charge in [0.25, 0.3) is 0 Å². The van der Waals surface area contributed by atoms with Gasteiger partial charge in [-0.3, -0.25) is 4.79 Å². The summed E-state index contributed by atoms with van der Waals surface area (Å²) in [6, 6.07) is 8.55. The van der Waals surface area contributed by atoms with E-state index in [1.165, 1.54) is 0 Å². The van der Waals surface area contributed by atoms with Crippen LogP contribution in [-0.4, -0.2) is 42.6 Å². The zero-order valence-electron chi connectivity index (χ0n) is 11.4. The summed E-state index contributed by atoms with van der Waals surface area (Å²) in [5, 5.41) is 3.45. The van der Waals surface area contributed by atoms with Crippen LogP contribution in [0.4, 0.5) is 0 Å². The van der Waals surface area contributed by atoms with Crippen molar-refractivity contribution in [2.24, 2.45) is 0 Å². The van der Waals surface area contributed by atoms with Gasteiger partial charge < -0.3 is 15.0 Å². The summed E-state index contributed by atoms with van der Waals surface area (Å²) < 4.78 is 5.61. The Balaban J connectivity index is 1.78. The Morgan fingerprint density at radius 1 is 1.26 bits per heavy atom. The van der Waals surface area contributed by atoms with Gasteiger partial charge in [0.1, 0.15) is 18.3 Å². The molecule has 1 N–H and O–H groups in total. The lowest BCUT2D eigenvalue weighted by atomic mass is 9.98. The Labute approximate surface area is 113 Å². The van der Waals surface area contributed by atoms with Gasteiger partial charge in [-0.15, -0.1) is 0 Å². The van der Waals surface area contributed by atoms with Crippen LogP contribution in [-0.2, 0) is 4.79 Å². The minimum atomic E-state index is -0.131. The highest BCUT2D eigenvalue weighted by Gasteiger charge is 2.35. The van der Waals surface area contributed by atoms with E-state index in [2.05, 4.69) is 19.2 Å². The van der Waals surface area contributed by atoms with Crippen LogP contribution < -0.4 is 10.1 Å². The maximum Gasteiger partial charge on any atom is 0.233 e. The SMILES string of the molecule is C[C@@H]1CN(C(=O)[C@H]2COc3ccccc32)C[C@H](C)N1. The van der Waals surface area contributed by atoms with E-state index in [9.17, 15) is 4.79 Å². The summed E-state index contributed by atoms with van der Waals surface area (Å²) in [5.74, 6) is 0.927. The zero-order chi connectivity index (χ0) is 13.4. The molecule has 0 saturated carbocycles. The lowest BCUT2D eigenvalue weighted by molar-refractivity contribution is -0.134. The third kappa shape index (κ3) is 2.32. The molecule has 1 aromatic rings. The first-order chi connectivity index (χ1) is 9.15. The van der Waals surface area contributed by atoms with Gasteiger partial charge >= 0.3 is 0 Å². The smallest absolute Gasteiger partial charge is 0.233 e. The molecule has 102 valence electrons. The van der Waals surface area contributed by atoms with E-state index in [-0.39, 0.29) is 11.8 Å². The zero-order valence-corrected chi connectivity index (χ0v) is 11.4. The van der Waals surface area contributed by atoms with Gasteiger partial charge in [-0.1, -0.05) is 18.2 Å². The van der Waals surface area contributed by atoms with Crippen molar-refractivity contribution in [3.63, 3.8) is 0 Å². The molecular formula is C15H20N2O2. The van der Waals surface area contributed by atoms with Crippen LogP contribution in [0.3, 0.4) is 0 Å². The van der Waals surface area contributed by atoms with Crippen molar-refractivity contribution in [3.05, 3.63) is 29.8 Å². The quantitative estimate of drug-likeness (QED) is 0.829. The molecule has 3 rings (SSSR count). The molecule has 0 aromatic heterocycles. The second-order valence-electron chi connectivity index (χ2n) is 5.61. The van der Waals surface area contributed by atoms with Gasteiger partial charge in [0, 0.05) is 30.7 Å². The molecule has 0 radical (unpaired) electrons. The van der Waals surface area contributed by atoms with Crippen LogP contribution in [0.25, 0.3) is 0 Å². The van der Waals surface area contributed by atoms with Crippen LogP contribution in [0.1, 0.15) is 25.3 Å². The summed E-state index contributed by atoms with van der Waals surface area (Å²) in [6.07, 6.45) is 0. The minimum absolute atomic E-state index is 0.131. The van der Waals surface area contributed by atoms with Crippen LogP contribution in [0.2, 0.25) is 0 Å². The van der Waals surface area contributed by atoms with Gasteiger partial charge in [0.15, 0.2) is 0 Å². The van der Waals surface area contributed by atoms with Gasteiger partial charge in [-0.05, 0) is 19.9 Å². The van der Waals surface area contributed by atoms with Crippen LogP contribution in [0, 0.1) is 0 Å². The summed E-state index contributed by atoms with van der Waals surface area (Å²) in [7, 11) is 0. The molecule has 1 fully saturated rings. The maximum atomic E-state index is 12.7. The second-order valence-corrected chi connectivity index (χ2v) is 5.61. The summed E-state index contributed by atoms with van der Waals surface area (Å²) in [5.41, 5.74) is 1.03. The van der Waals surface area contributed by atoms with Crippen molar-refractivity contribution in [3.8, 4) is 5.75 Å². The number of rotatable bonds is 1. The van der Waals surface area contributed by atoms with Crippen molar-refractivity contribution < 1.29 is 9.53 Å². The highest BCUT2D eigenvalue weighted by atomic mass is 16.5. The predicted octanol–water partition coefficient (Wildman–Crippen LogP) is 1.37. The molecule has 2 aliphatic heterocycles. The Morgan fingerprint density at radius 3 is 2.68 bits per heavy atom. The molecule has 0 aliphatic carbocycles. The average molecular weight is 260 g/mol. The predicted molar refractivity (Wildman–Crippen MR) is 73.3 cm³/mol. The first kappa shape index (κ1) is 12.5. The fraction of sp³-hybridized carbons (Fsp3) is 0.533. The number of carbonyl (C=O) groups excluding carboxylic acids is 1. The molecule has 1 saturated heterocycles. The second kappa shape index (κ2) is 4.85. The Kier molecular flexibility index (Phi) is 3.19. The highest BCUT2D eigenvalue weighted by Crippen LogP contribution is 2.34. The summed E-state index contributed by atoms with van der Waals surface area (Å²) in [6.45, 7) is 6.28. The number of carbonyl (C=O) groups is 1. The Bertz CT molecular complexity index is 479. The lowest BCUT2D eigenvalue weighted by Gasteiger charge is -2.37. The first-order valence-corrected chi connectivity index (χ1v) is 6.91. The van der Waals surface area contributed by atoms with Gasteiger partial charge in [-0.2, -0.15) is 0 Å². The Hall–Kier alpha value is -1.55. The monoisotopic (exact) mass is 260 g/mol. The normalized spacial score (nSPS) is 29.8. The van der Waals surface area contributed by atoms with Crippen molar-refractivity contribution in [2.45, 2.75) is 31.8 Å².